The fraction of sp³-hybridized carbons (Fsp3) is 0.261. The lowest BCUT2D eigenvalue weighted by Crippen LogP contribution is -2.42. The van der Waals surface area contributed by atoms with Crippen molar-refractivity contribution in [3.8, 4) is 0 Å². The molecule has 3 aromatic rings. The summed E-state index contributed by atoms with van der Waals surface area (Å²) in [7, 11) is -4.26. The zero-order valence-electron chi connectivity index (χ0n) is 18.8. The molecule has 3 rings (SSSR count). The number of nitro groups is 1. The third-order valence-electron chi connectivity index (χ3n) is 5.10. The van der Waals surface area contributed by atoms with E-state index in [-0.39, 0.29) is 29.6 Å². The number of furan rings is 1. The molecule has 12 heteroatoms. The second kappa shape index (κ2) is 11.4. The normalized spacial score (nSPS) is 11.5. The molecule has 0 radical (unpaired) electrons. The van der Waals surface area contributed by atoms with Gasteiger partial charge in [-0.2, -0.15) is 4.31 Å². The van der Waals surface area contributed by atoms with Gasteiger partial charge in [0.2, 0.25) is 15.9 Å². The van der Waals surface area contributed by atoms with E-state index in [2.05, 4.69) is 0 Å². The van der Waals surface area contributed by atoms with Gasteiger partial charge in [-0.15, -0.1) is 0 Å². The first-order valence-electron chi connectivity index (χ1n) is 10.6. The maximum atomic E-state index is 13.3. The first kappa shape index (κ1) is 26.3. The molecule has 0 fully saturated rings. The first-order chi connectivity index (χ1) is 16.6. The lowest BCUT2D eigenvalue weighted by Gasteiger charge is -2.27. The topological polar surface area (TPSA) is 114 Å². The van der Waals surface area contributed by atoms with Crippen molar-refractivity contribution in [1.29, 1.82) is 0 Å². The summed E-state index contributed by atoms with van der Waals surface area (Å²) in [6, 6.07) is 12.1. The molecule has 0 N–H and O–H groups in total. The van der Waals surface area contributed by atoms with E-state index in [4.69, 9.17) is 16.0 Å². The summed E-state index contributed by atoms with van der Waals surface area (Å²) < 4.78 is 46.3. The average Bonchev–Trinajstić information content (AvgIpc) is 3.33. The smallest absolute Gasteiger partial charge is 0.289 e. The van der Waals surface area contributed by atoms with Gasteiger partial charge < -0.3 is 9.32 Å². The zero-order chi connectivity index (χ0) is 25.6. The molecule has 0 spiro atoms. The fourth-order valence-electron chi connectivity index (χ4n) is 3.36. The fourth-order valence-corrected chi connectivity index (χ4v) is 5.05. The summed E-state index contributed by atoms with van der Waals surface area (Å²) >= 11 is 5.82. The number of rotatable bonds is 11. The number of sulfonamides is 1. The summed E-state index contributed by atoms with van der Waals surface area (Å²) in [5.74, 6) is -0.458. The quantitative estimate of drug-likeness (QED) is 0.268. The van der Waals surface area contributed by atoms with Gasteiger partial charge in [0, 0.05) is 19.2 Å². The third-order valence-corrected chi connectivity index (χ3v) is 7.26. The summed E-state index contributed by atoms with van der Waals surface area (Å²) in [5.41, 5.74) is 0.0933. The maximum absolute atomic E-state index is 13.3. The van der Waals surface area contributed by atoms with Crippen LogP contribution in [-0.4, -0.2) is 41.5 Å². The Bertz CT molecular complexity index is 1280. The van der Waals surface area contributed by atoms with Crippen molar-refractivity contribution < 1.29 is 26.9 Å². The average molecular weight is 524 g/mol. The van der Waals surface area contributed by atoms with Gasteiger partial charge in [0.25, 0.3) is 5.69 Å². The van der Waals surface area contributed by atoms with Crippen LogP contribution in [0.25, 0.3) is 0 Å². The molecule has 0 bridgehead atoms. The molecule has 0 saturated heterocycles. The molecular formula is C23H23ClFN3O6S. The second-order valence-corrected chi connectivity index (χ2v) is 10.0. The Morgan fingerprint density at radius 3 is 2.46 bits per heavy atom. The lowest BCUT2D eigenvalue weighted by molar-refractivity contribution is -0.384. The summed E-state index contributed by atoms with van der Waals surface area (Å²) in [6.07, 6.45) is 1.86. The molecule has 2 aromatic carbocycles. The third kappa shape index (κ3) is 6.65. The molecule has 1 amide bonds. The van der Waals surface area contributed by atoms with Gasteiger partial charge in [-0.1, -0.05) is 30.7 Å². The summed E-state index contributed by atoms with van der Waals surface area (Å²) in [5, 5.41) is 11.0. The van der Waals surface area contributed by atoms with E-state index in [1.165, 1.54) is 35.4 Å². The molecule has 0 aliphatic rings. The number of carbonyl (C=O) groups excluding carboxylic acids is 1. The van der Waals surface area contributed by atoms with Crippen LogP contribution in [0.3, 0.4) is 0 Å². The van der Waals surface area contributed by atoms with Crippen molar-refractivity contribution in [3.63, 3.8) is 0 Å². The SMILES string of the molecule is CCCN(CC(=O)N(Cc1ccc(F)cc1)Cc1ccco1)S(=O)(=O)c1ccc(Cl)c([N+](=O)[O-])c1. The highest BCUT2D eigenvalue weighted by Crippen LogP contribution is 2.28. The summed E-state index contributed by atoms with van der Waals surface area (Å²) in [6.45, 7) is 1.41. The Hall–Kier alpha value is -3.28. The van der Waals surface area contributed by atoms with Crippen LogP contribution in [0.1, 0.15) is 24.7 Å². The number of hydrogen-bond donors (Lipinski definition) is 0. The number of nitro benzene ring substituents is 1. The maximum Gasteiger partial charge on any atom is 0.289 e. The number of hydrogen-bond acceptors (Lipinski definition) is 6. The standard InChI is InChI=1S/C23H23ClFN3O6S/c1-2-11-27(35(32,33)20-9-10-21(24)22(13-20)28(30)31)16-23(29)26(15-19-4-3-12-34-19)14-17-5-7-18(25)8-6-17/h3-10,12-13H,2,11,14-16H2,1H3. The van der Waals surface area contributed by atoms with E-state index in [1.807, 2.05) is 0 Å². The Morgan fingerprint density at radius 1 is 1.14 bits per heavy atom. The number of carbonyl (C=O) groups is 1. The molecule has 186 valence electrons. The predicted molar refractivity (Wildman–Crippen MR) is 127 cm³/mol. The first-order valence-corrected chi connectivity index (χ1v) is 12.4. The largest absolute Gasteiger partial charge is 0.467 e. The van der Waals surface area contributed by atoms with Gasteiger partial charge in [-0.25, -0.2) is 12.8 Å². The van der Waals surface area contributed by atoms with Crippen molar-refractivity contribution >= 4 is 33.2 Å². The highest BCUT2D eigenvalue weighted by molar-refractivity contribution is 7.89. The molecule has 0 unspecified atom stereocenters. The molecule has 1 heterocycles. The minimum atomic E-state index is -4.26. The Labute approximate surface area is 206 Å². The predicted octanol–water partition coefficient (Wildman–Crippen LogP) is 4.61. The second-order valence-electron chi connectivity index (χ2n) is 7.66. The molecule has 9 nitrogen and oxygen atoms in total. The van der Waals surface area contributed by atoms with Crippen LogP contribution >= 0.6 is 11.6 Å². The van der Waals surface area contributed by atoms with E-state index in [0.717, 1.165) is 22.5 Å². The van der Waals surface area contributed by atoms with Crippen molar-refractivity contribution in [1.82, 2.24) is 9.21 Å². The molecular weight excluding hydrogens is 501 g/mol. The summed E-state index contributed by atoms with van der Waals surface area (Å²) in [4.78, 5) is 24.8. The zero-order valence-corrected chi connectivity index (χ0v) is 20.3. The van der Waals surface area contributed by atoms with E-state index in [1.54, 1.807) is 19.1 Å². The van der Waals surface area contributed by atoms with Crippen molar-refractivity contribution in [2.75, 3.05) is 13.1 Å². The Kier molecular flexibility index (Phi) is 8.60. The molecule has 0 aliphatic carbocycles. The van der Waals surface area contributed by atoms with Crippen LogP contribution in [0.5, 0.6) is 0 Å². The van der Waals surface area contributed by atoms with E-state index < -0.39 is 38.9 Å². The molecule has 0 aliphatic heterocycles. The van der Waals surface area contributed by atoms with Gasteiger partial charge in [-0.3, -0.25) is 14.9 Å². The lowest BCUT2D eigenvalue weighted by atomic mass is 10.2. The van der Waals surface area contributed by atoms with Crippen LogP contribution in [0.15, 0.2) is 70.2 Å². The van der Waals surface area contributed by atoms with Gasteiger partial charge in [0.15, 0.2) is 0 Å². The van der Waals surface area contributed by atoms with Gasteiger partial charge in [0.05, 0.1) is 29.2 Å². The molecule has 1 aromatic heterocycles. The van der Waals surface area contributed by atoms with Crippen molar-refractivity contribution in [3.05, 3.63) is 93.1 Å². The van der Waals surface area contributed by atoms with Gasteiger partial charge >= 0.3 is 0 Å². The molecule has 0 saturated carbocycles. The van der Waals surface area contributed by atoms with Gasteiger partial charge in [-0.05, 0) is 48.4 Å². The van der Waals surface area contributed by atoms with E-state index >= 15 is 0 Å². The minimum absolute atomic E-state index is 0.00956. The Morgan fingerprint density at radius 2 is 1.86 bits per heavy atom. The van der Waals surface area contributed by atoms with E-state index in [0.29, 0.717) is 17.7 Å². The van der Waals surface area contributed by atoms with Crippen molar-refractivity contribution in [2.45, 2.75) is 31.3 Å². The van der Waals surface area contributed by atoms with E-state index in [9.17, 15) is 27.7 Å². The van der Waals surface area contributed by atoms with Gasteiger partial charge in [0.1, 0.15) is 16.6 Å². The van der Waals surface area contributed by atoms with Crippen LogP contribution in [0, 0.1) is 15.9 Å². The van der Waals surface area contributed by atoms with Crippen LogP contribution < -0.4 is 0 Å². The Balaban J connectivity index is 1.89. The number of benzene rings is 2. The van der Waals surface area contributed by atoms with Crippen molar-refractivity contribution in [2.24, 2.45) is 0 Å². The van der Waals surface area contributed by atoms with Crippen LogP contribution in [0.2, 0.25) is 5.02 Å². The highest BCUT2D eigenvalue weighted by atomic mass is 35.5. The molecule has 35 heavy (non-hydrogen) atoms. The minimum Gasteiger partial charge on any atom is -0.467 e. The number of nitrogens with zero attached hydrogens (tertiary/aromatic N) is 3. The van der Waals surface area contributed by atoms with Crippen LogP contribution in [0.4, 0.5) is 10.1 Å². The number of amides is 1. The molecule has 0 atom stereocenters. The number of halogens is 2. The monoisotopic (exact) mass is 523 g/mol. The van der Waals surface area contributed by atoms with Crippen LogP contribution in [-0.2, 0) is 27.9 Å². The highest BCUT2D eigenvalue weighted by Gasteiger charge is 2.30.